The van der Waals surface area contributed by atoms with Crippen LogP contribution in [0, 0.1) is 5.41 Å². The van der Waals surface area contributed by atoms with Gasteiger partial charge in [-0.15, -0.1) is 0 Å². The van der Waals surface area contributed by atoms with E-state index < -0.39 is 5.92 Å². The lowest BCUT2D eigenvalue weighted by atomic mass is 9.68. The van der Waals surface area contributed by atoms with Gasteiger partial charge in [0.2, 0.25) is 0 Å². The standard InChI is InChI=1S/C24H31NO4/c1-6-12-29-23(27)20-15(3)25-18-13-24(4,5)14-19(26)22(18)21(20)16-8-10-17(11-9-16)28-7-2/h8-11,21,25H,6-7,12-14H2,1-5H3/t21-/m0/s1. The van der Waals surface area contributed by atoms with E-state index in [4.69, 9.17) is 9.47 Å². The lowest BCUT2D eigenvalue weighted by Gasteiger charge is -2.39. The van der Waals surface area contributed by atoms with Crippen LogP contribution in [0.5, 0.6) is 5.75 Å². The molecule has 156 valence electrons. The highest BCUT2D eigenvalue weighted by molar-refractivity contribution is 6.04. The zero-order valence-corrected chi connectivity index (χ0v) is 18.1. The number of hydrogen-bond donors (Lipinski definition) is 1. The summed E-state index contributed by atoms with van der Waals surface area (Å²) >= 11 is 0. The summed E-state index contributed by atoms with van der Waals surface area (Å²) in [6.45, 7) is 10.9. The Hall–Kier alpha value is -2.56. The molecule has 3 rings (SSSR count). The predicted molar refractivity (Wildman–Crippen MR) is 112 cm³/mol. The second kappa shape index (κ2) is 8.44. The second-order valence-electron chi connectivity index (χ2n) is 8.57. The van der Waals surface area contributed by atoms with Crippen LogP contribution >= 0.6 is 0 Å². The molecular weight excluding hydrogens is 366 g/mol. The maximum Gasteiger partial charge on any atom is 0.336 e. The summed E-state index contributed by atoms with van der Waals surface area (Å²) < 4.78 is 11.0. The van der Waals surface area contributed by atoms with Gasteiger partial charge in [0.05, 0.1) is 18.8 Å². The summed E-state index contributed by atoms with van der Waals surface area (Å²) in [5.41, 5.74) is 3.70. The van der Waals surface area contributed by atoms with Gasteiger partial charge >= 0.3 is 5.97 Å². The first-order valence-corrected chi connectivity index (χ1v) is 10.4. The topological polar surface area (TPSA) is 64.6 Å². The van der Waals surface area contributed by atoms with Crippen LogP contribution < -0.4 is 10.1 Å². The number of ketones is 1. The van der Waals surface area contributed by atoms with Crippen molar-refractivity contribution in [2.45, 2.75) is 59.8 Å². The van der Waals surface area contributed by atoms with E-state index in [-0.39, 0.29) is 17.2 Å². The fraction of sp³-hybridized carbons (Fsp3) is 0.500. The van der Waals surface area contributed by atoms with Crippen molar-refractivity contribution >= 4 is 11.8 Å². The number of carbonyl (C=O) groups excluding carboxylic acids is 2. The molecule has 1 atom stereocenters. The number of benzene rings is 1. The van der Waals surface area contributed by atoms with Gasteiger partial charge in [-0.3, -0.25) is 4.79 Å². The zero-order chi connectivity index (χ0) is 21.2. The molecule has 0 bridgehead atoms. The normalized spacial score (nSPS) is 20.9. The predicted octanol–water partition coefficient (Wildman–Crippen LogP) is 4.64. The highest BCUT2D eigenvalue weighted by atomic mass is 16.5. The van der Waals surface area contributed by atoms with E-state index in [1.807, 2.05) is 45.0 Å². The minimum atomic E-state index is -0.421. The first-order chi connectivity index (χ1) is 13.8. The van der Waals surface area contributed by atoms with Gasteiger partial charge in [-0.2, -0.15) is 0 Å². The van der Waals surface area contributed by atoms with Crippen LogP contribution in [0.2, 0.25) is 0 Å². The third-order valence-electron chi connectivity index (χ3n) is 5.42. The summed E-state index contributed by atoms with van der Waals surface area (Å²) in [5.74, 6) is 0.0806. The fourth-order valence-electron chi connectivity index (χ4n) is 4.24. The molecule has 1 heterocycles. The lowest BCUT2D eigenvalue weighted by Crippen LogP contribution is -2.38. The summed E-state index contributed by atoms with van der Waals surface area (Å²) in [5, 5.41) is 3.36. The fourth-order valence-corrected chi connectivity index (χ4v) is 4.24. The molecule has 2 aliphatic rings. The zero-order valence-electron chi connectivity index (χ0n) is 18.1. The first kappa shape index (κ1) is 21.2. The average molecular weight is 398 g/mol. The number of Topliss-reactive ketones (excluding diaryl/α,β-unsaturated/α-hetero) is 1. The number of hydrogen-bond acceptors (Lipinski definition) is 5. The highest BCUT2D eigenvalue weighted by Gasteiger charge is 2.43. The Morgan fingerprint density at radius 3 is 2.48 bits per heavy atom. The van der Waals surface area contributed by atoms with Gasteiger partial charge < -0.3 is 14.8 Å². The molecule has 0 radical (unpaired) electrons. The average Bonchev–Trinajstić information content (AvgIpc) is 2.65. The molecule has 5 heteroatoms. The maximum absolute atomic E-state index is 13.2. The van der Waals surface area contributed by atoms with Crippen LogP contribution in [-0.4, -0.2) is 25.0 Å². The van der Waals surface area contributed by atoms with Crippen LogP contribution in [-0.2, 0) is 14.3 Å². The summed E-state index contributed by atoms with van der Waals surface area (Å²) in [6.07, 6.45) is 1.99. The Labute approximate surface area is 173 Å². The molecule has 5 nitrogen and oxygen atoms in total. The van der Waals surface area contributed by atoms with Crippen LogP contribution in [0.4, 0.5) is 0 Å². The van der Waals surface area contributed by atoms with Crippen molar-refractivity contribution < 1.29 is 19.1 Å². The minimum absolute atomic E-state index is 0.0935. The molecule has 0 amide bonds. The molecule has 1 aromatic carbocycles. The number of rotatable bonds is 6. The van der Waals surface area contributed by atoms with Crippen LogP contribution in [0.1, 0.15) is 65.4 Å². The highest BCUT2D eigenvalue weighted by Crippen LogP contribution is 2.46. The lowest BCUT2D eigenvalue weighted by molar-refractivity contribution is -0.139. The van der Waals surface area contributed by atoms with Crippen molar-refractivity contribution in [3.8, 4) is 5.75 Å². The molecule has 0 fully saturated rings. The summed E-state index contributed by atoms with van der Waals surface area (Å²) in [4.78, 5) is 26.1. The molecule has 29 heavy (non-hydrogen) atoms. The van der Waals surface area contributed by atoms with Gasteiger partial charge in [-0.25, -0.2) is 4.79 Å². The van der Waals surface area contributed by atoms with Gasteiger partial charge in [0.25, 0.3) is 0 Å². The third-order valence-corrected chi connectivity index (χ3v) is 5.42. The molecule has 1 aromatic rings. The van der Waals surface area contributed by atoms with E-state index in [2.05, 4.69) is 19.2 Å². The van der Waals surface area contributed by atoms with Gasteiger partial charge in [0.15, 0.2) is 5.78 Å². The van der Waals surface area contributed by atoms with Crippen molar-refractivity contribution in [1.82, 2.24) is 5.32 Å². The van der Waals surface area contributed by atoms with Gasteiger partial charge in [0, 0.05) is 29.3 Å². The minimum Gasteiger partial charge on any atom is -0.494 e. The number of esters is 1. The molecule has 0 unspecified atom stereocenters. The Bertz CT molecular complexity index is 861. The smallest absolute Gasteiger partial charge is 0.336 e. The number of nitrogens with one attached hydrogen (secondary N) is 1. The number of allylic oxidation sites excluding steroid dienone is 3. The summed E-state index contributed by atoms with van der Waals surface area (Å²) in [6, 6.07) is 7.67. The maximum atomic E-state index is 13.2. The summed E-state index contributed by atoms with van der Waals surface area (Å²) in [7, 11) is 0. The van der Waals surface area contributed by atoms with E-state index in [0.29, 0.717) is 30.8 Å². The molecule has 1 aliphatic carbocycles. The van der Waals surface area contributed by atoms with Crippen molar-refractivity contribution in [2.24, 2.45) is 5.41 Å². The van der Waals surface area contributed by atoms with E-state index in [1.54, 1.807) is 0 Å². The quantitative estimate of drug-likeness (QED) is 0.708. The molecule has 0 saturated carbocycles. The van der Waals surface area contributed by atoms with E-state index >= 15 is 0 Å². The first-order valence-electron chi connectivity index (χ1n) is 10.4. The SMILES string of the molecule is CCCOC(=O)C1=C(C)NC2=C(C(=O)CC(C)(C)C2)[C@H]1c1ccc(OCC)cc1. The van der Waals surface area contributed by atoms with Gasteiger partial charge in [-0.05, 0) is 49.8 Å². The molecule has 0 aromatic heterocycles. The van der Waals surface area contributed by atoms with Crippen molar-refractivity contribution in [3.05, 3.63) is 52.4 Å². The van der Waals surface area contributed by atoms with Crippen molar-refractivity contribution in [3.63, 3.8) is 0 Å². The van der Waals surface area contributed by atoms with E-state index in [9.17, 15) is 9.59 Å². The van der Waals surface area contributed by atoms with Crippen LogP contribution in [0.3, 0.4) is 0 Å². The molecule has 0 spiro atoms. The van der Waals surface area contributed by atoms with Crippen molar-refractivity contribution in [1.29, 1.82) is 0 Å². The van der Waals surface area contributed by atoms with E-state index in [0.717, 1.165) is 35.5 Å². The second-order valence-corrected chi connectivity index (χ2v) is 8.57. The molecule has 0 saturated heterocycles. The third kappa shape index (κ3) is 4.39. The Balaban J connectivity index is 2.09. The van der Waals surface area contributed by atoms with Crippen LogP contribution in [0.25, 0.3) is 0 Å². The van der Waals surface area contributed by atoms with Gasteiger partial charge in [0.1, 0.15) is 5.75 Å². The van der Waals surface area contributed by atoms with Gasteiger partial charge in [-0.1, -0.05) is 32.9 Å². The molecule has 1 aliphatic heterocycles. The molecule has 1 N–H and O–H groups in total. The Morgan fingerprint density at radius 2 is 1.86 bits per heavy atom. The Kier molecular flexibility index (Phi) is 6.15. The monoisotopic (exact) mass is 397 g/mol. The number of dihydropyridines is 1. The Morgan fingerprint density at radius 1 is 1.17 bits per heavy atom. The van der Waals surface area contributed by atoms with E-state index in [1.165, 1.54) is 0 Å². The molecular formula is C24H31NO4. The van der Waals surface area contributed by atoms with Crippen molar-refractivity contribution in [2.75, 3.05) is 13.2 Å². The van der Waals surface area contributed by atoms with Crippen LogP contribution in [0.15, 0.2) is 46.8 Å². The largest absolute Gasteiger partial charge is 0.494 e. The number of ether oxygens (including phenoxy) is 2. The number of carbonyl (C=O) groups is 2.